The Balaban J connectivity index is 2.84. The molecule has 0 aliphatic rings. The van der Waals surface area contributed by atoms with Crippen molar-refractivity contribution in [2.75, 3.05) is 12.9 Å². The molecular weight excluding hydrogens is 202 g/mol. The molecule has 1 aromatic carbocycles. The molecule has 0 aromatic heterocycles. The van der Waals surface area contributed by atoms with Crippen molar-refractivity contribution in [2.45, 2.75) is 6.04 Å². The lowest BCUT2D eigenvalue weighted by atomic mass is 10.1. The summed E-state index contributed by atoms with van der Waals surface area (Å²) in [5.41, 5.74) is 0.750. The van der Waals surface area contributed by atoms with Gasteiger partial charge in [0.05, 0.1) is 18.9 Å². The summed E-state index contributed by atoms with van der Waals surface area (Å²) in [4.78, 5) is 0. The van der Waals surface area contributed by atoms with Gasteiger partial charge in [-0.3, -0.25) is 0 Å². The van der Waals surface area contributed by atoms with Crippen LogP contribution in [0.1, 0.15) is 11.6 Å². The maximum atomic E-state index is 11.0. The molecule has 2 N–H and O–H groups in total. The van der Waals surface area contributed by atoms with Gasteiger partial charge in [0.2, 0.25) is 10.0 Å². The SMILES string of the molecule is CS(=O)(=O)NC(CO)c1ccccc1. The fourth-order valence-corrected chi connectivity index (χ4v) is 1.88. The van der Waals surface area contributed by atoms with Crippen LogP contribution in [0.3, 0.4) is 0 Å². The molecule has 1 unspecified atom stereocenters. The molecule has 0 fully saturated rings. The van der Waals surface area contributed by atoms with E-state index >= 15 is 0 Å². The average Bonchev–Trinajstić information content (AvgIpc) is 2.14. The quantitative estimate of drug-likeness (QED) is 0.757. The van der Waals surface area contributed by atoms with Crippen LogP contribution in [0.2, 0.25) is 0 Å². The Bertz CT molecular complexity index is 374. The van der Waals surface area contributed by atoms with Crippen molar-refractivity contribution in [3.8, 4) is 0 Å². The summed E-state index contributed by atoms with van der Waals surface area (Å²) in [5, 5.41) is 9.02. The highest BCUT2D eigenvalue weighted by Gasteiger charge is 2.13. The summed E-state index contributed by atoms with van der Waals surface area (Å²) >= 11 is 0. The van der Waals surface area contributed by atoms with Gasteiger partial charge in [-0.1, -0.05) is 30.3 Å². The summed E-state index contributed by atoms with van der Waals surface area (Å²) in [6, 6.07) is 8.38. The van der Waals surface area contributed by atoms with Gasteiger partial charge in [0.15, 0.2) is 0 Å². The van der Waals surface area contributed by atoms with Crippen LogP contribution in [0.15, 0.2) is 30.3 Å². The van der Waals surface area contributed by atoms with Crippen LogP contribution >= 0.6 is 0 Å². The van der Waals surface area contributed by atoms with E-state index in [0.29, 0.717) is 0 Å². The molecular formula is C9H13NO3S. The lowest BCUT2D eigenvalue weighted by Crippen LogP contribution is -2.29. The van der Waals surface area contributed by atoms with Crippen LogP contribution in [-0.4, -0.2) is 26.4 Å². The maximum Gasteiger partial charge on any atom is 0.209 e. The Kier molecular flexibility index (Phi) is 3.62. The number of hydrogen-bond acceptors (Lipinski definition) is 3. The normalized spacial score (nSPS) is 13.9. The van der Waals surface area contributed by atoms with Crippen molar-refractivity contribution < 1.29 is 13.5 Å². The molecule has 1 rings (SSSR count). The number of nitrogens with one attached hydrogen (secondary N) is 1. The number of sulfonamides is 1. The standard InChI is InChI=1S/C9H13NO3S/c1-14(12,13)10-9(7-11)8-5-3-2-4-6-8/h2-6,9-11H,7H2,1H3. The van der Waals surface area contributed by atoms with Crippen LogP contribution in [0, 0.1) is 0 Å². The van der Waals surface area contributed by atoms with Gasteiger partial charge in [-0.2, -0.15) is 0 Å². The summed E-state index contributed by atoms with van der Waals surface area (Å²) < 4.78 is 24.2. The average molecular weight is 215 g/mol. The van der Waals surface area contributed by atoms with E-state index < -0.39 is 16.1 Å². The first kappa shape index (κ1) is 11.2. The molecule has 4 nitrogen and oxygen atoms in total. The van der Waals surface area contributed by atoms with E-state index in [2.05, 4.69) is 4.72 Å². The van der Waals surface area contributed by atoms with Gasteiger partial charge in [0.1, 0.15) is 0 Å². The van der Waals surface area contributed by atoms with Crippen LogP contribution in [-0.2, 0) is 10.0 Å². The minimum atomic E-state index is -3.29. The number of hydrogen-bond donors (Lipinski definition) is 2. The Morgan fingerprint density at radius 3 is 2.36 bits per heavy atom. The van der Waals surface area contributed by atoms with Gasteiger partial charge in [0.25, 0.3) is 0 Å². The smallest absolute Gasteiger partial charge is 0.209 e. The third kappa shape index (κ3) is 3.45. The van der Waals surface area contributed by atoms with Crippen molar-refractivity contribution in [2.24, 2.45) is 0 Å². The van der Waals surface area contributed by atoms with E-state index in [4.69, 9.17) is 5.11 Å². The van der Waals surface area contributed by atoms with Gasteiger partial charge in [-0.15, -0.1) is 0 Å². The summed E-state index contributed by atoms with van der Waals surface area (Å²) in [6.45, 7) is -0.253. The second kappa shape index (κ2) is 4.54. The third-order valence-electron chi connectivity index (χ3n) is 1.74. The predicted molar refractivity (Wildman–Crippen MR) is 54.2 cm³/mol. The topological polar surface area (TPSA) is 66.4 Å². The highest BCUT2D eigenvalue weighted by atomic mass is 32.2. The van der Waals surface area contributed by atoms with Crippen molar-refractivity contribution in [1.82, 2.24) is 4.72 Å². The highest BCUT2D eigenvalue weighted by molar-refractivity contribution is 7.88. The fourth-order valence-electron chi connectivity index (χ4n) is 1.15. The number of benzene rings is 1. The number of aliphatic hydroxyl groups is 1. The molecule has 0 radical (unpaired) electrons. The third-order valence-corrected chi connectivity index (χ3v) is 2.45. The molecule has 0 spiro atoms. The predicted octanol–water partition coefficient (Wildman–Crippen LogP) is 0.269. The second-order valence-electron chi connectivity index (χ2n) is 3.04. The van der Waals surface area contributed by atoms with Gasteiger partial charge < -0.3 is 5.11 Å². The zero-order valence-corrected chi connectivity index (χ0v) is 8.66. The first-order chi connectivity index (χ1) is 6.53. The summed E-state index contributed by atoms with van der Waals surface area (Å²) in [5.74, 6) is 0. The molecule has 0 aliphatic heterocycles. The van der Waals surface area contributed by atoms with E-state index in [1.54, 1.807) is 24.3 Å². The zero-order valence-electron chi connectivity index (χ0n) is 7.84. The molecule has 0 heterocycles. The molecule has 0 aliphatic carbocycles. The van der Waals surface area contributed by atoms with Gasteiger partial charge in [-0.05, 0) is 5.56 Å². The number of aliphatic hydroxyl groups excluding tert-OH is 1. The Hall–Kier alpha value is -0.910. The van der Waals surface area contributed by atoms with Gasteiger partial charge in [0, 0.05) is 0 Å². The molecule has 14 heavy (non-hydrogen) atoms. The van der Waals surface area contributed by atoms with E-state index in [9.17, 15) is 8.42 Å². The highest BCUT2D eigenvalue weighted by Crippen LogP contribution is 2.11. The molecule has 5 heteroatoms. The van der Waals surface area contributed by atoms with E-state index in [0.717, 1.165) is 11.8 Å². The van der Waals surface area contributed by atoms with Gasteiger partial charge >= 0.3 is 0 Å². The van der Waals surface area contributed by atoms with Crippen LogP contribution in [0.4, 0.5) is 0 Å². The largest absolute Gasteiger partial charge is 0.394 e. The lowest BCUT2D eigenvalue weighted by molar-refractivity contribution is 0.259. The molecule has 0 saturated heterocycles. The second-order valence-corrected chi connectivity index (χ2v) is 4.82. The number of rotatable bonds is 4. The van der Waals surface area contributed by atoms with Crippen molar-refractivity contribution >= 4 is 10.0 Å². The van der Waals surface area contributed by atoms with Crippen LogP contribution in [0.25, 0.3) is 0 Å². The Labute approximate surface area is 83.6 Å². The van der Waals surface area contributed by atoms with Crippen molar-refractivity contribution in [3.63, 3.8) is 0 Å². The monoisotopic (exact) mass is 215 g/mol. The first-order valence-corrected chi connectivity index (χ1v) is 6.05. The summed E-state index contributed by atoms with van der Waals surface area (Å²) in [7, 11) is -3.29. The fraction of sp³-hybridized carbons (Fsp3) is 0.333. The zero-order chi connectivity index (χ0) is 10.6. The van der Waals surface area contributed by atoms with E-state index in [-0.39, 0.29) is 6.61 Å². The minimum absolute atomic E-state index is 0.253. The van der Waals surface area contributed by atoms with Crippen LogP contribution in [0.5, 0.6) is 0 Å². The maximum absolute atomic E-state index is 11.0. The molecule has 0 saturated carbocycles. The molecule has 1 aromatic rings. The Morgan fingerprint density at radius 1 is 1.36 bits per heavy atom. The van der Waals surface area contributed by atoms with E-state index in [1.807, 2.05) is 6.07 Å². The van der Waals surface area contributed by atoms with Crippen molar-refractivity contribution in [3.05, 3.63) is 35.9 Å². The van der Waals surface area contributed by atoms with Crippen LogP contribution < -0.4 is 4.72 Å². The molecule has 78 valence electrons. The first-order valence-electron chi connectivity index (χ1n) is 4.16. The molecule has 0 bridgehead atoms. The minimum Gasteiger partial charge on any atom is -0.394 e. The molecule has 1 atom stereocenters. The van der Waals surface area contributed by atoms with Gasteiger partial charge in [-0.25, -0.2) is 13.1 Å². The van der Waals surface area contributed by atoms with Crippen molar-refractivity contribution in [1.29, 1.82) is 0 Å². The molecule has 0 amide bonds. The lowest BCUT2D eigenvalue weighted by Gasteiger charge is -2.14. The Morgan fingerprint density at radius 2 is 1.93 bits per heavy atom. The summed E-state index contributed by atoms with van der Waals surface area (Å²) in [6.07, 6.45) is 1.07. The van der Waals surface area contributed by atoms with E-state index in [1.165, 1.54) is 0 Å².